The van der Waals surface area contributed by atoms with Gasteiger partial charge < -0.3 is 9.84 Å². The van der Waals surface area contributed by atoms with Crippen LogP contribution in [0.25, 0.3) is 11.5 Å². The van der Waals surface area contributed by atoms with Gasteiger partial charge in [-0.3, -0.25) is 0 Å². The van der Waals surface area contributed by atoms with Gasteiger partial charge in [0.2, 0.25) is 0 Å². The molecular weight excluding hydrogens is 234 g/mol. The van der Waals surface area contributed by atoms with Gasteiger partial charge in [0, 0.05) is 12.4 Å². The number of esters is 1. The molecule has 0 fully saturated rings. The third-order valence-corrected chi connectivity index (χ3v) is 2.14. The summed E-state index contributed by atoms with van der Waals surface area (Å²) in [6, 6.07) is 3.08. The molecule has 0 saturated heterocycles. The summed E-state index contributed by atoms with van der Waals surface area (Å²) in [5.41, 5.74) is 0.808. The highest BCUT2D eigenvalue weighted by Gasteiger charge is 2.09. The van der Waals surface area contributed by atoms with E-state index >= 15 is 0 Å². The summed E-state index contributed by atoms with van der Waals surface area (Å²) in [5, 5.41) is 9.12. The number of hydrogen-bond acceptors (Lipinski definition) is 6. The SMILES string of the molecule is CCOC(=O)c1cnc(-c2ccc(O)cn2)nc1. The van der Waals surface area contributed by atoms with Gasteiger partial charge >= 0.3 is 5.97 Å². The number of carbonyl (C=O) groups excluding carboxylic acids is 1. The van der Waals surface area contributed by atoms with Crippen LogP contribution >= 0.6 is 0 Å². The number of rotatable bonds is 3. The Hall–Kier alpha value is -2.50. The lowest BCUT2D eigenvalue weighted by Gasteiger charge is -2.02. The topological polar surface area (TPSA) is 85.2 Å². The molecule has 0 amide bonds. The van der Waals surface area contributed by atoms with E-state index < -0.39 is 5.97 Å². The van der Waals surface area contributed by atoms with E-state index in [1.165, 1.54) is 24.7 Å². The van der Waals surface area contributed by atoms with Gasteiger partial charge in [-0.05, 0) is 19.1 Å². The third kappa shape index (κ3) is 2.60. The summed E-state index contributed by atoms with van der Waals surface area (Å²) < 4.78 is 4.82. The zero-order valence-corrected chi connectivity index (χ0v) is 9.70. The Morgan fingerprint density at radius 3 is 2.50 bits per heavy atom. The molecule has 0 unspecified atom stereocenters. The van der Waals surface area contributed by atoms with Gasteiger partial charge in [0.15, 0.2) is 5.82 Å². The lowest BCUT2D eigenvalue weighted by Crippen LogP contribution is -2.06. The predicted octanol–water partition coefficient (Wildman–Crippen LogP) is 1.42. The molecule has 2 aromatic rings. The number of aromatic hydroxyl groups is 1. The van der Waals surface area contributed by atoms with Crippen LogP contribution in [0.2, 0.25) is 0 Å². The van der Waals surface area contributed by atoms with Crippen LogP contribution in [0.1, 0.15) is 17.3 Å². The van der Waals surface area contributed by atoms with Crippen molar-refractivity contribution in [2.45, 2.75) is 6.92 Å². The van der Waals surface area contributed by atoms with Gasteiger partial charge in [-0.1, -0.05) is 0 Å². The molecule has 0 saturated carbocycles. The van der Waals surface area contributed by atoms with Crippen LogP contribution in [-0.4, -0.2) is 32.6 Å². The van der Waals surface area contributed by atoms with Gasteiger partial charge in [-0.25, -0.2) is 19.7 Å². The van der Waals surface area contributed by atoms with E-state index in [0.29, 0.717) is 23.7 Å². The van der Waals surface area contributed by atoms with Crippen molar-refractivity contribution in [1.29, 1.82) is 0 Å². The Morgan fingerprint density at radius 1 is 1.22 bits per heavy atom. The van der Waals surface area contributed by atoms with Crippen LogP contribution in [0.5, 0.6) is 5.75 Å². The minimum Gasteiger partial charge on any atom is -0.506 e. The Bertz CT molecular complexity index is 537. The first-order valence-corrected chi connectivity index (χ1v) is 5.35. The minimum atomic E-state index is -0.456. The van der Waals surface area contributed by atoms with E-state index in [-0.39, 0.29) is 5.75 Å². The smallest absolute Gasteiger partial charge is 0.341 e. The number of nitrogens with zero attached hydrogens (tertiary/aromatic N) is 3. The molecule has 2 heterocycles. The van der Waals surface area contributed by atoms with Gasteiger partial charge in [0.25, 0.3) is 0 Å². The standard InChI is InChI=1S/C12H11N3O3/c1-2-18-12(17)8-5-14-11(15-6-8)10-4-3-9(16)7-13-10/h3-7,16H,2H2,1H3. The fourth-order valence-electron chi connectivity index (χ4n) is 1.30. The number of pyridine rings is 1. The van der Waals surface area contributed by atoms with Crippen molar-refractivity contribution in [2.24, 2.45) is 0 Å². The Morgan fingerprint density at radius 2 is 1.94 bits per heavy atom. The predicted molar refractivity (Wildman–Crippen MR) is 62.9 cm³/mol. The number of carbonyl (C=O) groups is 1. The molecule has 0 aliphatic rings. The molecule has 2 aromatic heterocycles. The second-order valence-corrected chi connectivity index (χ2v) is 3.42. The monoisotopic (exact) mass is 245 g/mol. The maximum absolute atomic E-state index is 11.4. The molecule has 18 heavy (non-hydrogen) atoms. The summed E-state index contributed by atoms with van der Waals surface area (Å²) in [4.78, 5) is 23.4. The molecule has 0 aliphatic carbocycles. The molecule has 0 bridgehead atoms. The van der Waals surface area contributed by atoms with E-state index in [9.17, 15) is 4.79 Å². The Labute approximate surface area is 103 Å². The van der Waals surface area contributed by atoms with Gasteiger partial charge in [0.1, 0.15) is 11.4 Å². The van der Waals surface area contributed by atoms with Crippen LogP contribution in [0.4, 0.5) is 0 Å². The molecule has 2 rings (SSSR count). The van der Waals surface area contributed by atoms with Crippen molar-refractivity contribution in [3.8, 4) is 17.3 Å². The number of hydrogen-bond donors (Lipinski definition) is 1. The molecule has 0 spiro atoms. The second kappa shape index (κ2) is 5.22. The number of ether oxygens (including phenoxy) is 1. The maximum atomic E-state index is 11.4. The summed E-state index contributed by atoms with van der Waals surface area (Å²) in [6.45, 7) is 2.04. The quantitative estimate of drug-likeness (QED) is 0.823. The largest absolute Gasteiger partial charge is 0.506 e. The number of aromatic nitrogens is 3. The normalized spacial score (nSPS) is 10.1. The molecule has 0 radical (unpaired) electrons. The van der Waals surface area contributed by atoms with Crippen LogP contribution in [0.15, 0.2) is 30.7 Å². The van der Waals surface area contributed by atoms with E-state index in [2.05, 4.69) is 15.0 Å². The molecule has 1 N–H and O–H groups in total. The maximum Gasteiger partial charge on any atom is 0.341 e. The first kappa shape index (κ1) is 12.0. The van der Waals surface area contributed by atoms with Crippen molar-refractivity contribution in [3.05, 3.63) is 36.3 Å². The van der Waals surface area contributed by atoms with Crippen molar-refractivity contribution in [2.75, 3.05) is 6.61 Å². The van der Waals surface area contributed by atoms with Gasteiger partial charge in [-0.2, -0.15) is 0 Å². The summed E-state index contributed by atoms with van der Waals surface area (Å²) in [6.07, 6.45) is 4.07. The molecular formula is C12H11N3O3. The van der Waals surface area contributed by atoms with E-state index in [1.807, 2.05) is 0 Å². The van der Waals surface area contributed by atoms with Crippen LogP contribution in [0, 0.1) is 0 Å². The van der Waals surface area contributed by atoms with Gasteiger partial charge in [0.05, 0.1) is 18.4 Å². The highest BCUT2D eigenvalue weighted by atomic mass is 16.5. The first-order valence-electron chi connectivity index (χ1n) is 5.35. The van der Waals surface area contributed by atoms with E-state index in [0.717, 1.165) is 0 Å². The zero-order valence-electron chi connectivity index (χ0n) is 9.70. The molecule has 92 valence electrons. The minimum absolute atomic E-state index is 0.0712. The van der Waals surface area contributed by atoms with Crippen molar-refractivity contribution in [1.82, 2.24) is 15.0 Å². The Balaban J connectivity index is 2.22. The summed E-state index contributed by atoms with van der Waals surface area (Å²) >= 11 is 0. The second-order valence-electron chi connectivity index (χ2n) is 3.42. The average molecular weight is 245 g/mol. The third-order valence-electron chi connectivity index (χ3n) is 2.14. The summed E-state index contributed by atoms with van der Waals surface area (Å²) in [5.74, 6) is -0.00680. The van der Waals surface area contributed by atoms with Crippen molar-refractivity contribution >= 4 is 5.97 Å². The molecule has 6 heteroatoms. The zero-order chi connectivity index (χ0) is 13.0. The molecule has 0 aromatic carbocycles. The molecule has 0 atom stereocenters. The van der Waals surface area contributed by atoms with Crippen LogP contribution < -0.4 is 0 Å². The fourth-order valence-corrected chi connectivity index (χ4v) is 1.30. The first-order chi connectivity index (χ1) is 8.70. The van der Waals surface area contributed by atoms with Crippen molar-refractivity contribution < 1.29 is 14.6 Å². The lowest BCUT2D eigenvalue weighted by atomic mass is 10.3. The molecule has 6 nitrogen and oxygen atoms in total. The summed E-state index contributed by atoms with van der Waals surface area (Å²) in [7, 11) is 0. The van der Waals surface area contributed by atoms with E-state index in [4.69, 9.17) is 9.84 Å². The Kier molecular flexibility index (Phi) is 3.47. The highest BCUT2D eigenvalue weighted by Crippen LogP contribution is 2.14. The van der Waals surface area contributed by atoms with Crippen LogP contribution in [0.3, 0.4) is 0 Å². The van der Waals surface area contributed by atoms with Gasteiger partial charge in [-0.15, -0.1) is 0 Å². The lowest BCUT2D eigenvalue weighted by molar-refractivity contribution is 0.0525. The average Bonchev–Trinajstić information content (AvgIpc) is 2.40. The van der Waals surface area contributed by atoms with E-state index in [1.54, 1.807) is 13.0 Å². The van der Waals surface area contributed by atoms with Crippen LogP contribution in [-0.2, 0) is 4.74 Å². The van der Waals surface area contributed by atoms with Crippen molar-refractivity contribution in [3.63, 3.8) is 0 Å². The highest BCUT2D eigenvalue weighted by molar-refractivity contribution is 5.88. The fraction of sp³-hybridized carbons (Fsp3) is 0.167. The molecule has 0 aliphatic heterocycles.